The molecule has 78 valence electrons. The molecule has 0 aliphatic carbocycles. The highest BCUT2D eigenvalue weighted by atomic mass is 32.2. The van der Waals surface area contributed by atoms with E-state index < -0.39 is 35.4 Å². The maximum absolute atomic E-state index is 12.8. The van der Waals surface area contributed by atoms with E-state index in [1.807, 2.05) is 0 Å². The molecule has 0 unspecified atom stereocenters. The Bertz CT molecular complexity index is 349. The molecule has 0 aliphatic rings. The smallest absolute Gasteiger partial charge is 0.396 e. The normalized spacial score (nSPS) is 11.8. The third-order valence-corrected chi connectivity index (χ3v) is 1.88. The molecular formula is C7H4F5NS. The summed E-state index contributed by atoms with van der Waals surface area (Å²) < 4.78 is 61.2. The van der Waals surface area contributed by atoms with Gasteiger partial charge in [-0.05, 0) is 12.1 Å². The predicted octanol–water partition coefficient (Wildman–Crippen LogP) is 3.40. The van der Waals surface area contributed by atoms with Crippen LogP contribution in [-0.2, 0) is 6.18 Å². The zero-order valence-corrected chi connectivity index (χ0v) is 7.35. The number of rotatable bonds is 1. The molecule has 0 fully saturated rings. The molecule has 0 heterocycles. The molecule has 1 nitrogen and oxygen atoms in total. The van der Waals surface area contributed by atoms with Crippen molar-refractivity contribution in [2.24, 2.45) is 0 Å². The first-order valence-electron chi connectivity index (χ1n) is 3.31. The van der Waals surface area contributed by atoms with Gasteiger partial charge in [0.05, 0.1) is 23.4 Å². The van der Waals surface area contributed by atoms with Crippen molar-refractivity contribution >= 4 is 17.8 Å². The van der Waals surface area contributed by atoms with Crippen LogP contribution >= 0.6 is 12.1 Å². The van der Waals surface area contributed by atoms with Gasteiger partial charge >= 0.3 is 6.18 Å². The van der Waals surface area contributed by atoms with Crippen molar-refractivity contribution in [3.8, 4) is 0 Å². The first-order chi connectivity index (χ1) is 6.36. The summed E-state index contributed by atoms with van der Waals surface area (Å²) in [5.41, 5.74) is 2.66. The van der Waals surface area contributed by atoms with Crippen LogP contribution in [0.4, 0.5) is 27.1 Å². The van der Waals surface area contributed by atoms with E-state index >= 15 is 0 Å². The predicted molar refractivity (Wildman–Crippen MR) is 42.8 cm³/mol. The highest BCUT2D eigenvalue weighted by Crippen LogP contribution is 2.36. The van der Waals surface area contributed by atoms with E-state index in [4.69, 9.17) is 5.73 Å². The molecule has 0 spiro atoms. The third-order valence-electron chi connectivity index (χ3n) is 1.47. The maximum atomic E-state index is 12.8. The third kappa shape index (κ3) is 2.09. The van der Waals surface area contributed by atoms with Gasteiger partial charge in [-0.1, -0.05) is 0 Å². The molecule has 0 bridgehead atoms. The monoisotopic (exact) mass is 229 g/mol. The molecule has 0 amide bonds. The SMILES string of the molecule is Nc1cc(SF)cc(C(F)(F)F)c1F. The standard InChI is InChI=1S/C7H4F5NS/c8-6-4(7(9,10)11)1-3(14-12)2-5(6)13/h1-2H,13H2. The first kappa shape index (κ1) is 11.1. The minimum absolute atomic E-state index is 0.371. The van der Waals surface area contributed by atoms with Crippen molar-refractivity contribution in [1.82, 2.24) is 0 Å². The summed E-state index contributed by atoms with van der Waals surface area (Å²) >= 11 is -0.425. The maximum Gasteiger partial charge on any atom is 0.419 e. The summed E-state index contributed by atoms with van der Waals surface area (Å²) in [6.45, 7) is 0. The summed E-state index contributed by atoms with van der Waals surface area (Å²) in [6.07, 6.45) is -4.87. The lowest BCUT2D eigenvalue weighted by molar-refractivity contribution is -0.140. The molecule has 2 N–H and O–H groups in total. The lowest BCUT2D eigenvalue weighted by Gasteiger charge is -2.10. The summed E-state index contributed by atoms with van der Waals surface area (Å²) in [5, 5.41) is 0. The second-order valence-electron chi connectivity index (χ2n) is 2.45. The molecule has 1 aromatic rings. The van der Waals surface area contributed by atoms with Crippen LogP contribution < -0.4 is 5.73 Å². The van der Waals surface area contributed by atoms with Gasteiger partial charge in [0.2, 0.25) is 0 Å². The second kappa shape index (κ2) is 3.64. The number of benzene rings is 1. The Kier molecular flexibility index (Phi) is 2.89. The largest absolute Gasteiger partial charge is 0.419 e. The molecule has 7 heteroatoms. The van der Waals surface area contributed by atoms with Gasteiger partial charge in [0.1, 0.15) is 0 Å². The first-order valence-corrected chi connectivity index (χ1v) is 4.02. The number of halogens is 5. The number of anilines is 1. The average molecular weight is 229 g/mol. The van der Waals surface area contributed by atoms with E-state index in [-0.39, 0.29) is 4.90 Å². The van der Waals surface area contributed by atoms with Crippen LogP contribution in [-0.4, -0.2) is 0 Å². The van der Waals surface area contributed by atoms with Crippen molar-refractivity contribution < 1.29 is 21.4 Å². The Balaban J connectivity index is 3.35. The van der Waals surface area contributed by atoms with Gasteiger partial charge in [0.15, 0.2) is 5.82 Å². The van der Waals surface area contributed by atoms with Crippen LogP contribution in [0.15, 0.2) is 17.0 Å². The van der Waals surface area contributed by atoms with Gasteiger partial charge in [0.25, 0.3) is 0 Å². The molecule has 1 rings (SSSR count). The highest BCUT2D eigenvalue weighted by molar-refractivity contribution is 7.94. The topological polar surface area (TPSA) is 26.0 Å². The fourth-order valence-electron chi connectivity index (χ4n) is 0.870. The van der Waals surface area contributed by atoms with Crippen molar-refractivity contribution in [2.75, 3.05) is 5.73 Å². The van der Waals surface area contributed by atoms with Gasteiger partial charge < -0.3 is 5.73 Å². The minimum atomic E-state index is -4.87. The van der Waals surface area contributed by atoms with Gasteiger partial charge in [-0.15, -0.1) is 0 Å². The Hall–Kier alpha value is -0.980. The number of hydrogen-bond acceptors (Lipinski definition) is 2. The number of nitrogen functional groups attached to an aromatic ring is 1. The molecular weight excluding hydrogens is 225 g/mol. The molecule has 0 saturated carbocycles. The van der Waals surface area contributed by atoms with Crippen LogP contribution in [0.1, 0.15) is 5.56 Å². The Morgan fingerprint density at radius 3 is 2.21 bits per heavy atom. The van der Waals surface area contributed by atoms with E-state index in [1.54, 1.807) is 0 Å². The van der Waals surface area contributed by atoms with E-state index in [0.717, 1.165) is 6.07 Å². The van der Waals surface area contributed by atoms with E-state index in [9.17, 15) is 21.4 Å². The molecule has 1 aromatic carbocycles. The number of hydrogen-bond donors (Lipinski definition) is 1. The Morgan fingerprint density at radius 1 is 1.21 bits per heavy atom. The Morgan fingerprint density at radius 2 is 1.79 bits per heavy atom. The number of alkyl halides is 3. The zero-order chi connectivity index (χ0) is 10.9. The van der Waals surface area contributed by atoms with Crippen LogP contribution in [0, 0.1) is 5.82 Å². The summed E-state index contributed by atoms with van der Waals surface area (Å²) in [7, 11) is 0. The zero-order valence-electron chi connectivity index (χ0n) is 6.53. The van der Waals surface area contributed by atoms with Gasteiger partial charge in [-0.3, -0.25) is 0 Å². The van der Waals surface area contributed by atoms with Crippen LogP contribution in [0.5, 0.6) is 0 Å². The van der Waals surface area contributed by atoms with Crippen LogP contribution in [0.25, 0.3) is 0 Å². The van der Waals surface area contributed by atoms with Crippen LogP contribution in [0.2, 0.25) is 0 Å². The molecule has 0 atom stereocenters. The lowest BCUT2D eigenvalue weighted by Crippen LogP contribution is -2.10. The average Bonchev–Trinajstić information content (AvgIpc) is 2.07. The Labute approximate surface area is 80.4 Å². The van der Waals surface area contributed by atoms with Crippen molar-refractivity contribution in [3.05, 3.63) is 23.5 Å². The van der Waals surface area contributed by atoms with Crippen molar-refractivity contribution in [1.29, 1.82) is 0 Å². The molecule has 0 radical (unpaired) electrons. The summed E-state index contributed by atoms with van der Waals surface area (Å²) in [6, 6.07) is 1.17. The van der Waals surface area contributed by atoms with Crippen LogP contribution in [0.3, 0.4) is 0 Å². The molecule has 0 aromatic heterocycles. The highest BCUT2D eigenvalue weighted by Gasteiger charge is 2.35. The van der Waals surface area contributed by atoms with E-state index in [0.29, 0.717) is 6.07 Å². The fraction of sp³-hybridized carbons (Fsp3) is 0.143. The number of nitrogens with two attached hydrogens (primary N) is 1. The van der Waals surface area contributed by atoms with Gasteiger partial charge in [-0.25, -0.2) is 4.39 Å². The van der Waals surface area contributed by atoms with Gasteiger partial charge in [0, 0.05) is 4.90 Å². The lowest BCUT2D eigenvalue weighted by atomic mass is 10.2. The van der Waals surface area contributed by atoms with E-state index in [1.165, 1.54) is 0 Å². The van der Waals surface area contributed by atoms with Crippen molar-refractivity contribution in [2.45, 2.75) is 11.1 Å². The quantitative estimate of drug-likeness (QED) is 0.590. The minimum Gasteiger partial charge on any atom is -0.396 e. The van der Waals surface area contributed by atoms with E-state index in [2.05, 4.69) is 0 Å². The van der Waals surface area contributed by atoms with Crippen molar-refractivity contribution in [3.63, 3.8) is 0 Å². The molecule has 0 saturated heterocycles. The van der Waals surface area contributed by atoms with Gasteiger partial charge in [-0.2, -0.15) is 17.1 Å². The second-order valence-corrected chi connectivity index (χ2v) is 3.07. The molecule has 0 aliphatic heterocycles. The molecule has 14 heavy (non-hydrogen) atoms. The fourth-order valence-corrected chi connectivity index (χ4v) is 1.20. The summed E-state index contributed by atoms with van der Waals surface area (Å²) in [4.78, 5) is -0.378. The summed E-state index contributed by atoms with van der Waals surface area (Å²) in [5.74, 6) is -1.57.